The minimum atomic E-state index is 0.0225. The molecule has 94 valence electrons. The van der Waals surface area contributed by atoms with E-state index in [9.17, 15) is 5.11 Å². The number of phenols is 1. The number of phenolic OH excluding ortho intramolecular Hbond substituents is 1. The third-order valence-corrected chi connectivity index (χ3v) is 2.80. The van der Waals surface area contributed by atoms with Gasteiger partial charge in [0, 0.05) is 18.7 Å². The maximum Gasteiger partial charge on any atom is 0.131 e. The van der Waals surface area contributed by atoms with E-state index in [0.717, 1.165) is 12.1 Å². The van der Waals surface area contributed by atoms with Crippen molar-refractivity contribution in [3.8, 4) is 17.2 Å². The molecule has 2 rings (SSSR count). The summed E-state index contributed by atoms with van der Waals surface area (Å²) in [6.45, 7) is 2.06. The summed E-state index contributed by atoms with van der Waals surface area (Å²) in [6.07, 6.45) is 0. The van der Waals surface area contributed by atoms with E-state index in [4.69, 9.17) is 14.2 Å². The summed E-state index contributed by atoms with van der Waals surface area (Å²) < 4.78 is 16.0. The molecule has 5 nitrogen and oxygen atoms in total. The Labute approximate surface area is 100 Å². The van der Waals surface area contributed by atoms with Crippen molar-refractivity contribution in [2.24, 2.45) is 0 Å². The van der Waals surface area contributed by atoms with Crippen molar-refractivity contribution in [2.75, 3.05) is 34.0 Å². The van der Waals surface area contributed by atoms with Crippen LogP contribution in [-0.4, -0.2) is 39.1 Å². The summed E-state index contributed by atoms with van der Waals surface area (Å²) >= 11 is 0. The quantitative estimate of drug-likeness (QED) is 0.826. The van der Waals surface area contributed by atoms with E-state index >= 15 is 0 Å². The standard InChI is InChI=1S/C12H17NO4/c1-15-10-5-8(14)6-11(16-2)12(10)9-7-17-4-3-13-9/h5-6,9,13-14H,3-4,7H2,1-2H3/t9-/m0/s1. The molecule has 1 aliphatic heterocycles. The predicted octanol–water partition coefficient (Wildman–Crippen LogP) is 1.07. The normalized spacial score (nSPS) is 20.0. The second-order valence-corrected chi connectivity index (χ2v) is 3.85. The second-order valence-electron chi connectivity index (χ2n) is 3.85. The molecule has 1 aromatic rings. The summed E-state index contributed by atoms with van der Waals surface area (Å²) in [5.74, 6) is 1.33. The highest BCUT2D eigenvalue weighted by Gasteiger charge is 2.24. The zero-order valence-corrected chi connectivity index (χ0v) is 10.0. The highest BCUT2D eigenvalue weighted by Crippen LogP contribution is 2.38. The van der Waals surface area contributed by atoms with E-state index in [1.165, 1.54) is 0 Å². The van der Waals surface area contributed by atoms with Gasteiger partial charge in [0.25, 0.3) is 0 Å². The van der Waals surface area contributed by atoms with Crippen molar-refractivity contribution in [1.82, 2.24) is 5.32 Å². The van der Waals surface area contributed by atoms with Gasteiger partial charge < -0.3 is 24.6 Å². The van der Waals surface area contributed by atoms with E-state index in [0.29, 0.717) is 24.7 Å². The highest BCUT2D eigenvalue weighted by atomic mass is 16.5. The van der Waals surface area contributed by atoms with Crippen LogP contribution in [0.2, 0.25) is 0 Å². The first kappa shape index (κ1) is 12.0. The summed E-state index contributed by atoms with van der Waals surface area (Å²) in [5.41, 5.74) is 0.882. The van der Waals surface area contributed by atoms with E-state index in [2.05, 4.69) is 5.32 Å². The molecule has 0 unspecified atom stereocenters. The lowest BCUT2D eigenvalue weighted by Crippen LogP contribution is -2.35. The zero-order chi connectivity index (χ0) is 12.3. The number of ether oxygens (including phenoxy) is 3. The lowest BCUT2D eigenvalue weighted by atomic mass is 10.0. The first-order valence-electron chi connectivity index (χ1n) is 5.52. The molecule has 0 bridgehead atoms. The molecule has 17 heavy (non-hydrogen) atoms. The smallest absolute Gasteiger partial charge is 0.131 e. The number of nitrogens with one attached hydrogen (secondary N) is 1. The van der Waals surface area contributed by atoms with Crippen LogP contribution in [0.5, 0.6) is 17.2 Å². The molecule has 0 saturated carbocycles. The van der Waals surface area contributed by atoms with Gasteiger partial charge in [0.2, 0.25) is 0 Å². The van der Waals surface area contributed by atoms with Crippen LogP contribution in [0.25, 0.3) is 0 Å². The number of hydrogen-bond acceptors (Lipinski definition) is 5. The molecular weight excluding hydrogens is 222 g/mol. The van der Waals surface area contributed by atoms with Gasteiger partial charge in [-0.25, -0.2) is 0 Å². The third kappa shape index (κ3) is 2.45. The Kier molecular flexibility index (Phi) is 3.71. The van der Waals surface area contributed by atoms with Crippen LogP contribution in [0.15, 0.2) is 12.1 Å². The summed E-state index contributed by atoms with van der Waals surface area (Å²) in [4.78, 5) is 0. The van der Waals surface area contributed by atoms with Gasteiger partial charge in [-0.2, -0.15) is 0 Å². The predicted molar refractivity (Wildman–Crippen MR) is 62.8 cm³/mol. The Morgan fingerprint density at radius 2 is 1.94 bits per heavy atom. The maximum atomic E-state index is 9.57. The fourth-order valence-corrected chi connectivity index (χ4v) is 2.02. The van der Waals surface area contributed by atoms with Crippen LogP contribution in [0.1, 0.15) is 11.6 Å². The van der Waals surface area contributed by atoms with E-state index < -0.39 is 0 Å². The molecule has 0 amide bonds. The number of rotatable bonds is 3. The molecule has 1 aromatic carbocycles. The van der Waals surface area contributed by atoms with E-state index in [1.807, 2.05) is 0 Å². The van der Waals surface area contributed by atoms with Crippen LogP contribution in [0.4, 0.5) is 0 Å². The van der Waals surface area contributed by atoms with Crippen LogP contribution in [0, 0.1) is 0 Å². The van der Waals surface area contributed by atoms with Crippen molar-refractivity contribution in [3.63, 3.8) is 0 Å². The topological polar surface area (TPSA) is 60.0 Å². The monoisotopic (exact) mass is 239 g/mol. The number of aromatic hydroxyl groups is 1. The van der Waals surface area contributed by atoms with Crippen LogP contribution in [0.3, 0.4) is 0 Å². The SMILES string of the molecule is COc1cc(O)cc(OC)c1[C@@H]1COCCN1. The van der Waals surface area contributed by atoms with Crippen LogP contribution >= 0.6 is 0 Å². The van der Waals surface area contributed by atoms with Crippen molar-refractivity contribution >= 4 is 0 Å². The minimum Gasteiger partial charge on any atom is -0.508 e. The van der Waals surface area contributed by atoms with Gasteiger partial charge in [-0.1, -0.05) is 0 Å². The summed E-state index contributed by atoms with van der Waals surface area (Å²) in [6, 6.07) is 3.18. The van der Waals surface area contributed by atoms with Gasteiger partial charge in [0.15, 0.2) is 0 Å². The zero-order valence-electron chi connectivity index (χ0n) is 10.0. The number of hydrogen-bond donors (Lipinski definition) is 2. The molecule has 2 N–H and O–H groups in total. The Morgan fingerprint density at radius 3 is 2.41 bits per heavy atom. The molecule has 1 heterocycles. The summed E-state index contributed by atoms with van der Waals surface area (Å²) in [5, 5.41) is 12.9. The molecule has 1 saturated heterocycles. The largest absolute Gasteiger partial charge is 0.508 e. The van der Waals surface area contributed by atoms with Crippen LogP contribution in [-0.2, 0) is 4.74 Å². The molecule has 1 aliphatic rings. The van der Waals surface area contributed by atoms with Gasteiger partial charge in [-0.3, -0.25) is 0 Å². The van der Waals surface area contributed by atoms with Crippen LogP contribution < -0.4 is 14.8 Å². The molecule has 5 heteroatoms. The first-order chi connectivity index (χ1) is 8.26. The van der Waals surface area contributed by atoms with Gasteiger partial charge in [0.05, 0.1) is 39.0 Å². The Bertz CT molecular complexity index is 363. The van der Waals surface area contributed by atoms with Crippen molar-refractivity contribution < 1.29 is 19.3 Å². The fourth-order valence-electron chi connectivity index (χ4n) is 2.02. The molecule has 0 radical (unpaired) electrons. The fraction of sp³-hybridized carbons (Fsp3) is 0.500. The lowest BCUT2D eigenvalue weighted by molar-refractivity contribution is 0.0751. The molecule has 1 atom stereocenters. The molecular formula is C12H17NO4. The Morgan fingerprint density at radius 1 is 1.29 bits per heavy atom. The molecule has 0 aliphatic carbocycles. The van der Waals surface area contributed by atoms with Gasteiger partial charge in [0.1, 0.15) is 17.2 Å². The van der Waals surface area contributed by atoms with Gasteiger partial charge in [-0.15, -0.1) is 0 Å². The van der Waals surface area contributed by atoms with Gasteiger partial charge in [-0.05, 0) is 0 Å². The van der Waals surface area contributed by atoms with Crippen molar-refractivity contribution in [2.45, 2.75) is 6.04 Å². The van der Waals surface area contributed by atoms with Gasteiger partial charge >= 0.3 is 0 Å². The number of methoxy groups -OCH3 is 2. The minimum absolute atomic E-state index is 0.0225. The molecule has 0 aromatic heterocycles. The lowest BCUT2D eigenvalue weighted by Gasteiger charge is -2.27. The summed E-state index contributed by atoms with van der Waals surface area (Å²) in [7, 11) is 3.14. The number of morpholine rings is 1. The van der Waals surface area contributed by atoms with E-state index in [1.54, 1.807) is 26.4 Å². The average molecular weight is 239 g/mol. The maximum absolute atomic E-state index is 9.57. The van der Waals surface area contributed by atoms with Crippen molar-refractivity contribution in [1.29, 1.82) is 0 Å². The third-order valence-electron chi connectivity index (χ3n) is 2.80. The first-order valence-corrected chi connectivity index (χ1v) is 5.52. The number of benzene rings is 1. The molecule has 1 fully saturated rings. The Balaban J connectivity index is 2.41. The highest BCUT2D eigenvalue weighted by molar-refractivity contribution is 5.52. The average Bonchev–Trinajstić information content (AvgIpc) is 2.38. The second kappa shape index (κ2) is 5.25. The van der Waals surface area contributed by atoms with E-state index in [-0.39, 0.29) is 11.8 Å². The Hall–Kier alpha value is -1.46. The molecule has 0 spiro atoms. The van der Waals surface area contributed by atoms with Crippen molar-refractivity contribution in [3.05, 3.63) is 17.7 Å².